The van der Waals surface area contributed by atoms with E-state index in [2.05, 4.69) is 50.5 Å². The fourth-order valence-corrected chi connectivity index (χ4v) is 2.99. The molecule has 0 radical (unpaired) electrons. The van der Waals surface area contributed by atoms with E-state index in [4.69, 9.17) is 12.2 Å². The zero-order valence-corrected chi connectivity index (χ0v) is 13.4. The van der Waals surface area contributed by atoms with Crippen LogP contribution in [0.25, 0.3) is 27.9 Å². The molecule has 0 aliphatic rings. The SMILES string of the molecule is Cc1ccc(C)n1-c1ccc2nc3c(=O)[nH]c(=S)[nH]c3nc2c1. The number of hydrogen-bond acceptors (Lipinski definition) is 4. The molecule has 0 fully saturated rings. The van der Waals surface area contributed by atoms with Crippen LogP contribution < -0.4 is 5.56 Å². The Morgan fingerprint density at radius 3 is 2.48 bits per heavy atom. The number of fused-ring (bicyclic) bond motifs is 2. The van der Waals surface area contributed by atoms with E-state index in [1.807, 2.05) is 18.2 Å². The minimum Gasteiger partial charge on any atom is -0.318 e. The Kier molecular flexibility index (Phi) is 2.92. The summed E-state index contributed by atoms with van der Waals surface area (Å²) in [7, 11) is 0. The Hall–Kier alpha value is -2.80. The molecule has 0 aliphatic carbocycles. The van der Waals surface area contributed by atoms with Gasteiger partial charge in [-0.15, -0.1) is 0 Å². The lowest BCUT2D eigenvalue weighted by atomic mass is 10.2. The maximum Gasteiger partial charge on any atom is 0.279 e. The Morgan fingerprint density at radius 1 is 1.00 bits per heavy atom. The minimum absolute atomic E-state index is 0.240. The summed E-state index contributed by atoms with van der Waals surface area (Å²) in [6.45, 7) is 4.11. The monoisotopic (exact) mass is 323 g/mol. The lowest BCUT2D eigenvalue weighted by molar-refractivity contribution is 0.967. The van der Waals surface area contributed by atoms with E-state index in [-0.39, 0.29) is 15.8 Å². The number of benzene rings is 1. The van der Waals surface area contributed by atoms with Gasteiger partial charge in [-0.2, -0.15) is 0 Å². The van der Waals surface area contributed by atoms with E-state index in [0.29, 0.717) is 16.7 Å². The van der Waals surface area contributed by atoms with Crippen LogP contribution in [-0.2, 0) is 0 Å². The largest absolute Gasteiger partial charge is 0.318 e. The van der Waals surface area contributed by atoms with Crippen LogP contribution in [0.1, 0.15) is 11.4 Å². The van der Waals surface area contributed by atoms with Crippen LogP contribution in [0.3, 0.4) is 0 Å². The average molecular weight is 323 g/mol. The van der Waals surface area contributed by atoms with Crippen molar-refractivity contribution in [3.8, 4) is 5.69 Å². The number of aromatic amines is 2. The van der Waals surface area contributed by atoms with Gasteiger partial charge in [-0.3, -0.25) is 9.78 Å². The van der Waals surface area contributed by atoms with Crippen molar-refractivity contribution < 1.29 is 0 Å². The van der Waals surface area contributed by atoms with Gasteiger partial charge in [0.1, 0.15) is 0 Å². The lowest BCUT2D eigenvalue weighted by Gasteiger charge is -2.10. The van der Waals surface area contributed by atoms with Crippen LogP contribution in [0.2, 0.25) is 0 Å². The molecule has 0 aliphatic heterocycles. The Balaban J connectivity index is 2.04. The summed E-state index contributed by atoms with van der Waals surface area (Å²) in [5.41, 5.74) is 4.99. The van der Waals surface area contributed by atoms with Gasteiger partial charge in [-0.1, -0.05) is 0 Å². The highest BCUT2D eigenvalue weighted by molar-refractivity contribution is 7.71. The fourth-order valence-electron chi connectivity index (χ4n) is 2.80. The van der Waals surface area contributed by atoms with Crippen LogP contribution in [0.15, 0.2) is 35.1 Å². The summed E-state index contributed by atoms with van der Waals surface area (Å²) >= 11 is 4.99. The quantitative estimate of drug-likeness (QED) is 0.417. The Bertz CT molecular complexity index is 1170. The first kappa shape index (κ1) is 13.8. The molecule has 0 unspecified atom stereocenters. The van der Waals surface area contributed by atoms with Crippen molar-refractivity contribution >= 4 is 34.4 Å². The zero-order chi connectivity index (χ0) is 16.1. The van der Waals surface area contributed by atoms with Gasteiger partial charge in [0, 0.05) is 17.1 Å². The van der Waals surface area contributed by atoms with Crippen molar-refractivity contribution in [2.45, 2.75) is 13.8 Å². The molecule has 114 valence electrons. The highest BCUT2D eigenvalue weighted by Gasteiger charge is 2.09. The predicted octanol–water partition coefficient (Wildman–Crippen LogP) is 2.94. The van der Waals surface area contributed by atoms with E-state index in [0.717, 1.165) is 17.1 Å². The van der Waals surface area contributed by atoms with E-state index < -0.39 is 0 Å². The lowest BCUT2D eigenvalue weighted by Crippen LogP contribution is -2.10. The third-order valence-corrected chi connectivity index (χ3v) is 4.06. The molecule has 7 heteroatoms. The summed E-state index contributed by atoms with van der Waals surface area (Å²) in [6, 6.07) is 9.95. The summed E-state index contributed by atoms with van der Waals surface area (Å²) in [5, 5.41) is 0. The van der Waals surface area contributed by atoms with Gasteiger partial charge in [-0.25, -0.2) is 9.97 Å². The molecule has 6 nitrogen and oxygen atoms in total. The number of rotatable bonds is 1. The number of aromatic nitrogens is 5. The molecule has 4 aromatic rings. The van der Waals surface area contributed by atoms with Gasteiger partial charge in [0.05, 0.1) is 11.0 Å². The molecule has 0 bridgehead atoms. The zero-order valence-electron chi connectivity index (χ0n) is 12.5. The first-order valence-corrected chi connectivity index (χ1v) is 7.53. The third-order valence-electron chi connectivity index (χ3n) is 3.85. The molecule has 2 N–H and O–H groups in total. The molecule has 0 amide bonds. The van der Waals surface area contributed by atoms with Crippen LogP contribution in [0.5, 0.6) is 0 Å². The van der Waals surface area contributed by atoms with Crippen molar-refractivity contribution in [1.82, 2.24) is 24.5 Å². The topological polar surface area (TPSA) is 79.4 Å². The Labute approximate surface area is 135 Å². The minimum atomic E-state index is -0.334. The van der Waals surface area contributed by atoms with E-state index in [1.54, 1.807) is 0 Å². The van der Waals surface area contributed by atoms with Gasteiger partial charge >= 0.3 is 0 Å². The molecule has 4 rings (SSSR count). The van der Waals surface area contributed by atoms with Crippen molar-refractivity contribution in [3.05, 3.63) is 56.8 Å². The second-order valence-corrected chi connectivity index (χ2v) is 5.86. The van der Waals surface area contributed by atoms with Crippen molar-refractivity contribution in [2.75, 3.05) is 0 Å². The summed E-state index contributed by atoms with van der Waals surface area (Å²) < 4.78 is 2.38. The molecule has 0 spiro atoms. The van der Waals surface area contributed by atoms with Crippen molar-refractivity contribution in [3.63, 3.8) is 0 Å². The summed E-state index contributed by atoms with van der Waals surface area (Å²) in [4.78, 5) is 26.2. The predicted molar refractivity (Wildman–Crippen MR) is 91.7 cm³/mol. The molecular weight excluding hydrogens is 310 g/mol. The van der Waals surface area contributed by atoms with Gasteiger partial charge in [0.25, 0.3) is 5.56 Å². The van der Waals surface area contributed by atoms with E-state index >= 15 is 0 Å². The van der Waals surface area contributed by atoms with Gasteiger partial charge in [0.2, 0.25) is 0 Å². The molecule has 0 saturated carbocycles. The first-order valence-electron chi connectivity index (χ1n) is 7.12. The van der Waals surface area contributed by atoms with E-state index in [1.165, 1.54) is 0 Å². The Morgan fingerprint density at radius 2 is 1.74 bits per heavy atom. The van der Waals surface area contributed by atoms with Gasteiger partial charge < -0.3 is 9.55 Å². The molecule has 23 heavy (non-hydrogen) atoms. The smallest absolute Gasteiger partial charge is 0.279 e. The first-order chi connectivity index (χ1) is 11.0. The normalized spacial score (nSPS) is 11.4. The molecule has 0 saturated heterocycles. The van der Waals surface area contributed by atoms with Crippen LogP contribution in [0.4, 0.5) is 0 Å². The number of nitrogens with one attached hydrogen (secondary N) is 2. The number of aryl methyl sites for hydroxylation is 2. The van der Waals surface area contributed by atoms with Crippen LogP contribution >= 0.6 is 12.2 Å². The second kappa shape index (κ2) is 4.85. The maximum absolute atomic E-state index is 11.9. The molecule has 0 atom stereocenters. The fraction of sp³-hybridized carbons (Fsp3) is 0.125. The highest BCUT2D eigenvalue weighted by atomic mass is 32.1. The van der Waals surface area contributed by atoms with Crippen molar-refractivity contribution in [2.24, 2.45) is 0 Å². The number of nitrogens with zero attached hydrogens (tertiary/aromatic N) is 3. The van der Waals surface area contributed by atoms with Crippen molar-refractivity contribution in [1.29, 1.82) is 0 Å². The molecule has 1 aromatic carbocycles. The molecular formula is C16H13N5OS. The van der Waals surface area contributed by atoms with E-state index in [9.17, 15) is 4.79 Å². The number of hydrogen-bond donors (Lipinski definition) is 2. The van der Waals surface area contributed by atoms with Gasteiger partial charge in [0.15, 0.2) is 15.9 Å². The second-order valence-electron chi connectivity index (χ2n) is 5.45. The van der Waals surface area contributed by atoms with Crippen LogP contribution in [0, 0.1) is 18.6 Å². The maximum atomic E-state index is 11.9. The van der Waals surface area contributed by atoms with Gasteiger partial charge in [-0.05, 0) is 56.4 Å². The molecule has 3 aromatic heterocycles. The third kappa shape index (κ3) is 2.17. The summed E-state index contributed by atoms with van der Waals surface area (Å²) in [5.74, 6) is 0. The van der Waals surface area contributed by atoms with Crippen LogP contribution in [-0.4, -0.2) is 24.5 Å². The highest BCUT2D eigenvalue weighted by Crippen LogP contribution is 2.20. The average Bonchev–Trinajstić information content (AvgIpc) is 2.84. The standard InChI is InChI=1S/C16H13N5OS/c1-8-3-4-9(2)21(8)10-5-6-11-12(7-10)18-14-13(17-11)15(22)20-16(23)19-14/h3-7H,1-2H3,(H2,18,19,20,22,23). The molecule has 3 heterocycles. The number of H-pyrrole nitrogens is 2. The summed E-state index contributed by atoms with van der Waals surface area (Å²) in [6.07, 6.45) is 0.